The molecule has 2 heteroatoms. The molecule has 2 nitrogen and oxygen atoms in total. The summed E-state index contributed by atoms with van der Waals surface area (Å²) in [5.74, 6) is 0.920. The fourth-order valence-electron chi connectivity index (χ4n) is 4.41. The van der Waals surface area contributed by atoms with Crippen molar-refractivity contribution in [2.24, 2.45) is 5.92 Å². The number of benzene rings is 1. The predicted molar refractivity (Wildman–Crippen MR) is 82.8 cm³/mol. The fraction of sp³-hybridized carbons (Fsp3) is 0.667. The highest BCUT2D eigenvalue weighted by atomic mass is 15.2. The summed E-state index contributed by atoms with van der Waals surface area (Å²) in [7, 11) is 0. The number of nitrogens with one attached hydrogen (secondary N) is 1. The average Bonchev–Trinajstić information content (AvgIpc) is 3.32. The van der Waals surface area contributed by atoms with Crippen LogP contribution in [0.25, 0.3) is 0 Å². The third kappa shape index (κ3) is 2.19. The maximum Gasteiger partial charge on any atom is 0.0352 e. The minimum atomic E-state index is 0.366. The number of rotatable bonds is 2. The van der Waals surface area contributed by atoms with Gasteiger partial charge in [-0.3, -0.25) is 4.90 Å². The Balaban J connectivity index is 1.58. The minimum absolute atomic E-state index is 0.366. The Morgan fingerprint density at radius 2 is 2.05 bits per heavy atom. The van der Waals surface area contributed by atoms with Gasteiger partial charge in [0.05, 0.1) is 0 Å². The Morgan fingerprint density at radius 1 is 1.20 bits per heavy atom. The highest BCUT2D eigenvalue weighted by Crippen LogP contribution is 2.43. The molecule has 108 valence electrons. The SMILES string of the molecule is CC1(C2CC2)CN(C2CCCc3ccccc32)CCN1. The normalized spacial score (nSPS) is 34.8. The second-order valence-corrected chi connectivity index (χ2v) is 7.20. The van der Waals surface area contributed by atoms with E-state index in [0.717, 1.165) is 12.5 Å². The monoisotopic (exact) mass is 270 g/mol. The van der Waals surface area contributed by atoms with Crippen molar-refractivity contribution < 1.29 is 0 Å². The molecule has 1 saturated heterocycles. The molecular formula is C18H26N2. The second kappa shape index (κ2) is 4.85. The van der Waals surface area contributed by atoms with E-state index in [1.165, 1.54) is 45.2 Å². The molecule has 0 spiro atoms. The predicted octanol–water partition coefficient (Wildman–Crippen LogP) is 3.14. The molecule has 1 aromatic carbocycles. The topological polar surface area (TPSA) is 15.3 Å². The number of hydrogen-bond acceptors (Lipinski definition) is 2. The van der Waals surface area contributed by atoms with Gasteiger partial charge in [0.25, 0.3) is 0 Å². The van der Waals surface area contributed by atoms with Gasteiger partial charge in [-0.25, -0.2) is 0 Å². The maximum atomic E-state index is 3.81. The molecule has 0 amide bonds. The Kier molecular flexibility index (Phi) is 3.12. The van der Waals surface area contributed by atoms with Crippen LogP contribution in [0.2, 0.25) is 0 Å². The van der Waals surface area contributed by atoms with Crippen molar-refractivity contribution >= 4 is 0 Å². The van der Waals surface area contributed by atoms with Gasteiger partial charge in [0.2, 0.25) is 0 Å². The van der Waals surface area contributed by atoms with E-state index in [1.807, 2.05) is 0 Å². The summed E-state index contributed by atoms with van der Waals surface area (Å²) >= 11 is 0. The van der Waals surface area contributed by atoms with Crippen molar-refractivity contribution in [2.45, 2.75) is 50.6 Å². The van der Waals surface area contributed by atoms with Crippen molar-refractivity contribution in [1.29, 1.82) is 0 Å². The lowest BCUT2D eigenvalue weighted by Crippen LogP contribution is -2.60. The molecule has 0 aromatic heterocycles. The fourth-order valence-corrected chi connectivity index (χ4v) is 4.41. The summed E-state index contributed by atoms with van der Waals surface area (Å²) in [6, 6.07) is 9.80. The van der Waals surface area contributed by atoms with Crippen LogP contribution < -0.4 is 5.32 Å². The van der Waals surface area contributed by atoms with E-state index in [0.29, 0.717) is 11.6 Å². The Labute approximate surface area is 122 Å². The van der Waals surface area contributed by atoms with Crippen LogP contribution in [-0.2, 0) is 6.42 Å². The summed E-state index contributed by atoms with van der Waals surface area (Å²) in [4.78, 5) is 2.77. The van der Waals surface area contributed by atoms with E-state index in [-0.39, 0.29) is 0 Å². The lowest BCUT2D eigenvalue weighted by Gasteiger charge is -2.46. The first-order valence-electron chi connectivity index (χ1n) is 8.33. The molecule has 2 unspecified atom stereocenters. The zero-order valence-electron chi connectivity index (χ0n) is 12.6. The molecule has 2 fully saturated rings. The summed E-state index contributed by atoms with van der Waals surface area (Å²) in [6.45, 7) is 6.05. The zero-order valence-corrected chi connectivity index (χ0v) is 12.6. The third-order valence-corrected chi connectivity index (χ3v) is 5.72. The average molecular weight is 270 g/mol. The van der Waals surface area contributed by atoms with Crippen LogP contribution >= 0.6 is 0 Å². The van der Waals surface area contributed by atoms with E-state index >= 15 is 0 Å². The van der Waals surface area contributed by atoms with Gasteiger partial charge < -0.3 is 5.32 Å². The van der Waals surface area contributed by atoms with Gasteiger partial charge in [-0.1, -0.05) is 24.3 Å². The lowest BCUT2D eigenvalue weighted by molar-refractivity contribution is 0.0799. The largest absolute Gasteiger partial charge is 0.309 e. The lowest BCUT2D eigenvalue weighted by atomic mass is 9.84. The quantitative estimate of drug-likeness (QED) is 0.888. The molecule has 4 rings (SSSR count). The van der Waals surface area contributed by atoms with Crippen LogP contribution in [0.5, 0.6) is 0 Å². The van der Waals surface area contributed by atoms with Crippen LogP contribution in [0.3, 0.4) is 0 Å². The standard InChI is InChI=1S/C18H26N2/c1-18(15-9-10-15)13-20(12-11-19-18)17-8-4-6-14-5-2-3-7-16(14)17/h2-3,5,7,15,17,19H,4,6,8-13H2,1H3. The summed E-state index contributed by atoms with van der Waals surface area (Å²) in [5, 5.41) is 3.81. The molecular weight excluding hydrogens is 244 g/mol. The third-order valence-electron chi connectivity index (χ3n) is 5.72. The maximum absolute atomic E-state index is 3.81. The molecule has 1 aromatic rings. The molecule has 1 heterocycles. The second-order valence-electron chi connectivity index (χ2n) is 7.20. The van der Waals surface area contributed by atoms with Crippen LogP contribution in [0.15, 0.2) is 24.3 Å². The summed E-state index contributed by atoms with van der Waals surface area (Å²) in [6.07, 6.45) is 6.83. The zero-order chi connectivity index (χ0) is 13.6. The summed E-state index contributed by atoms with van der Waals surface area (Å²) < 4.78 is 0. The first-order valence-corrected chi connectivity index (χ1v) is 8.33. The van der Waals surface area contributed by atoms with Crippen molar-refractivity contribution in [1.82, 2.24) is 10.2 Å². The first kappa shape index (κ1) is 12.8. The van der Waals surface area contributed by atoms with Crippen LogP contribution in [0.1, 0.15) is 49.8 Å². The van der Waals surface area contributed by atoms with Crippen molar-refractivity contribution in [3.8, 4) is 0 Å². The van der Waals surface area contributed by atoms with Gasteiger partial charge in [0.1, 0.15) is 0 Å². The first-order chi connectivity index (χ1) is 9.76. The Bertz CT molecular complexity index is 494. The molecule has 1 N–H and O–H groups in total. The van der Waals surface area contributed by atoms with Crippen LogP contribution in [0.4, 0.5) is 0 Å². The van der Waals surface area contributed by atoms with Gasteiger partial charge in [0, 0.05) is 31.2 Å². The van der Waals surface area contributed by atoms with Gasteiger partial charge in [0.15, 0.2) is 0 Å². The molecule has 3 aliphatic rings. The Hall–Kier alpha value is -0.860. The number of nitrogens with zero attached hydrogens (tertiary/aromatic N) is 1. The number of aryl methyl sites for hydroxylation is 1. The van der Waals surface area contributed by atoms with Crippen molar-refractivity contribution in [2.75, 3.05) is 19.6 Å². The molecule has 20 heavy (non-hydrogen) atoms. The minimum Gasteiger partial charge on any atom is -0.309 e. The summed E-state index contributed by atoms with van der Waals surface area (Å²) in [5.41, 5.74) is 3.57. The van der Waals surface area contributed by atoms with E-state index < -0.39 is 0 Å². The van der Waals surface area contributed by atoms with E-state index in [1.54, 1.807) is 11.1 Å². The van der Waals surface area contributed by atoms with Crippen molar-refractivity contribution in [3.63, 3.8) is 0 Å². The smallest absolute Gasteiger partial charge is 0.0352 e. The van der Waals surface area contributed by atoms with Gasteiger partial charge in [-0.2, -0.15) is 0 Å². The highest BCUT2D eigenvalue weighted by Gasteiger charge is 2.45. The van der Waals surface area contributed by atoms with Gasteiger partial charge in [-0.15, -0.1) is 0 Å². The molecule has 1 aliphatic heterocycles. The van der Waals surface area contributed by atoms with Crippen LogP contribution in [-0.4, -0.2) is 30.1 Å². The molecule has 0 bridgehead atoms. The number of fused-ring (bicyclic) bond motifs is 1. The van der Waals surface area contributed by atoms with E-state index in [4.69, 9.17) is 0 Å². The molecule has 1 saturated carbocycles. The molecule has 2 aliphatic carbocycles. The highest BCUT2D eigenvalue weighted by molar-refractivity contribution is 5.32. The van der Waals surface area contributed by atoms with Crippen LogP contribution in [0, 0.1) is 5.92 Å². The van der Waals surface area contributed by atoms with E-state index in [9.17, 15) is 0 Å². The van der Waals surface area contributed by atoms with Crippen molar-refractivity contribution in [3.05, 3.63) is 35.4 Å². The molecule has 2 atom stereocenters. The van der Waals surface area contributed by atoms with Gasteiger partial charge >= 0.3 is 0 Å². The number of hydrogen-bond donors (Lipinski definition) is 1. The molecule has 0 radical (unpaired) electrons. The Morgan fingerprint density at radius 3 is 2.90 bits per heavy atom. The van der Waals surface area contributed by atoms with E-state index in [2.05, 4.69) is 41.4 Å². The number of piperazine rings is 1. The van der Waals surface area contributed by atoms with Gasteiger partial charge in [-0.05, 0) is 56.1 Å².